The Balaban J connectivity index is 1.60. The van der Waals surface area contributed by atoms with Gasteiger partial charge in [0.1, 0.15) is 0 Å². The lowest BCUT2D eigenvalue weighted by atomic mass is 10.1. The van der Waals surface area contributed by atoms with Crippen LogP contribution < -0.4 is 9.47 Å². The highest BCUT2D eigenvalue weighted by Crippen LogP contribution is 2.32. The third-order valence-electron chi connectivity index (χ3n) is 2.96. The van der Waals surface area contributed by atoms with Crippen LogP contribution in [0.15, 0.2) is 18.2 Å². The SMILES string of the molecule is CCOCCOCCOC(O)Cc1ccc2c(c1)OCO2. The molecule has 0 fully saturated rings. The van der Waals surface area contributed by atoms with Gasteiger partial charge >= 0.3 is 0 Å². The van der Waals surface area contributed by atoms with Crippen LogP contribution >= 0.6 is 0 Å². The minimum Gasteiger partial charge on any atom is -0.454 e. The van der Waals surface area contributed by atoms with Gasteiger partial charge in [-0.25, -0.2) is 0 Å². The van der Waals surface area contributed by atoms with Gasteiger partial charge in [0, 0.05) is 13.0 Å². The van der Waals surface area contributed by atoms with E-state index in [4.69, 9.17) is 23.7 Å². The van der Waals surface area contributed by atoms with Gasteiger partial charge in [0.05, 0.1) is 26.4 Å². The molecule has 1 unspecified atom stereocenters. The average Bonchev–Trinajstić information content (AvgIpc) is 2.94. The fourth-order valence-electron chi connectivity index (χ4n) is 1.94. The zero-order valence-electron chi connectivity index (χ0n) is 12.2. The van der Waals surface area contributed by atoms with Crippen molar-refractivity contribution in [3.05, 3.63) is 23.8 Å². The van der Waals surface area contributed by atoms with Crippen LogP contribution in [0.3, 0.4) is 0 Å². The molecule has 0 spiro atoms. The highest BCUT2D eigenvalue weighted by Gasteiger charge is 2.14. The van der Waals surface area contributed by atoms with Gasteiger partial charge in [-0.3, -0.25) is 0 Å². The van der Waals surface area contributed by atoms with Crippen molar-refractivity contribution in [3.63, 3.8) is 0 Å². The van der Waals surface area contributed by atoms with Crippen molar-refractivity contribution >= 4 is 0 Å². The molecule has 0 saturated heterocycles. The van der Waals surface area contributed by atoms with Crippen LogP contribution in [0, 0.1) is 0 Å². The lowest BCUT2D eigenvalue weighted by Crippen LogP contribution is -2.19. The van der Waals surface area contributed by atoms with Crippen LogP contribution in [0.25, 0.3) is 0 Å². The number of rotatable bonds is 10. The molecule has 1 aromatic rings. The quantitative estimate of drug-likeness (QED) is 0.519. The van der Waals surface area contributed by atoms with Crippen LogP contribution in [0.1, 0.15) is 12.5 Å². The summed E-state index contributed by atoms with van der Waals surface area (Å²) in [4.78, 5) is 0. The third kappa shape index (κ3) is 5.51. The maximum absolute atomic E-state index is 9.82. The van der Waals surface area contributed by atoms with Crippen molar-refractivity contribution in [1.29, 1.82) is 0 Å². The van der Waals surface area contributed by atoms with Gasteiger partial charge < -0.3 is 28.8 Å². The molecule has 6 nitrogen and oxygen atoms in total. The molecule has 21 heavy (non-hydrogen) atoms. The smallest absolute Gasteiger partial charge is 0.231 e. The molecule has 0 amide bonds. The molecule has 0 aromatic heterocycles. The van der Waals surface area contributed by atoms with E-state index in [2.05, 4.69) is 0 Å². The standard InChI is InChI=1S/C15H22O6/c1-2-17-5-6-18-7-8-19-15(16)10-12-3-4-13-14(9-12)21-11-20-13/h3-4,9,15-16H,2,5-8,10-11H2,1H3. The summed E-state index contributed by atoms with van der Waals surface area (Å²) < 4.78 is 26.3. The monoisotopic (exact) mass is 298 g/mol. The highest BCUT2D eigenvalue weighted by molar-refractivity contribution is 5.44. The van der Waals surface area contributed by atoms with Crippen molar-refractivity contribution in [2.45, 2.75) is 19.6 Å². The van der Waals surface area contributed by atoms with E-state index < -0.39 is 6.29 Å². The van der Waals surface area contributed by atoms with Crippen LogP contribution in [-0.2, 0) is 20.6 Å². The molecule has 0 saturated carbocycles. The first kappa shape index (κ1) is 16.0. The fourth-order valence-corrected chi connectivity index (χ4v) is 1.94. The number of benzene rings is 1. The molecule has 0 aliphatic carbocycles. The molecular weight excluding hydrogens is 276 g/mol. The van der Waals surface area contributed by atoms with Gasteiger partial charge in [0.25, 0.3) is 0 Å². The maximum atomic E-state index is 9.82. The molecule has 1 N–H and O–H groups in total. The first-order valence-electron chi connectivity index (χ1n) is 7.13. The molecular formula is C15H22O6. The van der Waals surface area contributed by atoms with E-state index in [-0.39, 0.29) is 6.79 Å². The lowest BCUT2D eigenvalue weighted by molar-refractivity contribution is -0.112. The zero-order chi connectivity index (χ0) is 14.9. The van der Waals surface area contributed by atoms with E-state index in [0.29, 0.717) is 45.2 Å². The Hall–Kier alpha value is -1.34. The molecule has 2 rings (SSSR count). The van der Waals surface area contributed by atoms with Crippen LogP contribution in [0.2, 0.25) is 0 Å². The van der Waals surface area contributed by atoms with E-state index in [0.717, 1.165) is 11.3 Å². The van der Waals surface area contributed by atoms with E-state index in [9.17, 15) is 5.11 Å². The summed E-state index contributed by atoms with van der Waals surface area (Å²) in [5.74, 6) is 1.44. The number of fused-ring (bicyclic) bond motifs is 1. The predicted octanol–water partition coefficient (Wildman–Crippen LogP) is 1.35. The number of aliphatic hydroxyl groups is 1. The minimum atomic E-state index is -0.860. The molecule has 1 aliphatic heterocycles. The van der Waals surface area contributed by atoms with Gasteiger partial charge in [-0.2, -0.15) is 0 Å². The van der Waals surface area contributed by atoms with E-state index in [1.807, 2.05) is 25.1 Å². The second-order valence-corrected chi connectivity index (χ2v) is 4.53. The van der Waals surface area contributed by atoms with E-state index >= 15 is 0 Å². The molecule has 0 radical (unpaired) electrons. The summed E-state index contributed by atoms with van der Waals surface area (Å²) in [5.41, 5.74) is 0.934. The predicted molar refractivity (Wildman–Crippen MR) is 75.5 cm³/mol. The summed E-state index contributed by atoms with van der Waals surface area (Å²) in [6, 6.07) is 5.58. The Morgan fingerprint density at radius 1 is 1.10 bits per heavy atom. The fraction of sp³-hybridized carbons (Fsp3) is 0.600. The summed E-state index contributed by atoms with van der Waals surface area (Å²) in [6.07, 6.45) is -0.462. The van der Waals surface area contributed by atoms with Gasteiger partial charge in [-0.05, 0) is 24.6 Å². The number of ether oxygens (including phenoxy) is 5. The molecule has 6 heteroatoms. The molecule has 118 valence electrons. The van der Waals surface area contributed by atoms with Crippen molar-refractivity contribution in [2.75, 3.05) is 39.8 Å². The molecule has 1 heterocycles. The van der Waals surface area contributed by atoms with E-state index in [1.165, 1.54) is 0 Å². The van der Waals surface area contributed by atoms with Crippen LogP contribution in [-0.4, -0.2) is 51.2 Å². The average molecular weight is 298 g/mol. The van der Waals surface area contributed by atoms with Gasteiger partial charge in [-0.1, -0.05) is 6.07 Å². The maximum Gasteiger partial charge on any atom is 0.231 e. The summed E-state index contributed by atoms with van der Waals surface area (Å²) in [7, 11) is 0. The second-order valence-electron chi connectivity index (χ2n) is 4.53. The summed E-state index contributed by atoms with van der Waals surface area (Å²) in [5, 5.41) is 9.82. The highest BCUT2D eigenvalue weighted by atomic mass is 16.7. The van der Waals surface area contributed by atoms with Crippen molar-refractivity contribution in [3.8, 4) is 11.5 Å². The first-order chi connectivity index (χ1) is 10.3. The molecule has 1 aromatic carbocycles. The Morgan fingerprint density at radius 3 is 2.71 bits per heavy atom. The summed E-state index contributed by atoms with van der Waals surface area (Å²) >= 11 is 0. The Kier molecular flexibility index (Phi) is 6.75. The second kappa shape index (κ2) is 8.84. The van der Waals surface area contributed by atoms with Gasteiger partial charge in [0.15, 0.2) is 17.8 Å². The first-order valence-corrected chi connectivity index (χ1v) is 7.13. The Bertz CT molecular complexity index is 423. The minimum absolute atomic E-state index is 0.247. The normalized spacial score (nSPS) is 14.4. The van der Waals surface area contributed by atoms with Crippen LogP contribution in [0.5, 0.6) is 11.5 Å². The Morgan fingerprint density at radius 2 is 1.86 bits per heavy atom. The largest absolute Gasteiger partial charge is 0.454 e. The van der Waals surface area contributed by atoms with Crippen molar-refractivity contribution in [1.82, 2.24) is 0 Å². The molecule has 0 bridgehead atoms. The molecule has 1 atom stereocenters. The Labute approximate surface area is 124 Å². The third-order valence-corrected chi connectivity index (χ3v) is 2.96. The van der Waals surface area contributed by atoms with Crippen molar-refractivity contribution < 1.29 is 28.8 Å². The number of hydrogen-bond acceptors (Lipinski definition) is 6. The lowest BCUT2D eigenvalue weighted by Gasteiger charge is -2.12. The number of hydrogen-bond donors (Lipinski definition) is 1. The van der Waals surface area contributed by atoms with Crippen molar-refractivity contribution in [2.24, 2.45) is 0 Å². The number of aliphatic hydroxyl groups excluding tert-OH is 1. The summed E-state index contributed by atoms with van der Waals surface area (Å²) in [6.45, 7) is 4.77. The topological polar surface area (TPSA) is 66.4 Å². The van der Waals surface area contributed by atoms with E-state index in [1.54, 1.807) is 0 Å². The van der Waals surface area contributed by atoms with Crippen LogP contribution in [0.4, 0.5) is 0 Å². The van der Waals surface area contributed by atoms with Gasteiger partial charge in [-0.15, -0.1) is 0 Å². The molecule has 1 aliphatic rings. The van der Waals surface area contributed by atoms with Gasteiger partial charge in [0.2, 0.25) is 6.79 Å². The zero-order valence-corrected chi connectivity index (χ0v) is 12.2.